The van der Waals surface area contributed by atoms with Gasteiger partial charge in [0.1, 0.15) is 5.82 Å². The predicted octanol–water partition coefficient (Wildman–Crippen LogP) is 0.999. The van der Waals surface area contributed by atoms with Crippen LogP contribution >= 0.6 is 0 Å². The minimum Gasteiger partial charge on any atom is -0.392 e. The van der Waals surface area contributed by atoms with Crippen molar-refractivity contribution in [2.45, 2.75) is 37.3 Å². The maximum Gasteiger partial charge on any atom is 0.240 e. The monoisotopic (exact) mass is 316 g/mol. The lowest BCUT2D eigenvalue weighted by atomic mass is 10.1. The molecule has 1 saturated heterocycles. The number of likely N-dealkylation sites (tertiary alicyclic amines) is 1. The Labute approximate surface area is 124 Å². The first-order chi connectivity index (χ1) is 9.85. The van der Waals surface area contributed by atoms with Gasteiger partial charge in [-0.1, -0.05) is 0 Å². The highest BCUT2D eigenvalue weighted by atomic mass is 32.2. The quantitative estimate of drug-likeness (QED) is 0.850. The van der Waals surface area contributed by atoms with Gasteiger partial charge in [0.15, 0.2) is 0 Å². The zero-order valence-electron chi connectivity index (χ0n) is 12.3. The van der Waals surface area contributed by atoms with Crippen LogP contribution in [0.2, 0.25) is 0 Å². The molecule has 1 fully saturated rings. The van der Waals surface area contributed by atoms with Crippen molar-refractivity contribution in [3.63, 3.8) is 0 Å². The van der Waals surface area contributed by atoms with Gasteiger partial charge in [-0.3, -0.25) is 0 Å². The fourth-order valence-corrected chi connectivity index (χ4v) is 3.97. The third-order valence-corrected chi connectivity index (χ3v) is 5.56. The van der Waals surface area contributed by atoms with Gasteiger partial charge in [0.05, 0.1) is 11.5 Å². The van der Waals surface area contributed by atoms with Crippen LogP contribution in [0.3, 0.4) is 0 Å². The molecule has 1 atom stereocenters. The summed E-state index contributed by atoms with van der Waals surface area (Å²) >= 11 is 0. The fraction of sp³-hybridized carbons (Fsp3) is 0.571. The molecule has 2 N–H and O–H groups in total. The third-order valence-electron chi connectivity index (χ3n) is 4.01. The van der Waals surface area contributed by atoms with Crippen molar-refractivity contribution in [3.05, 3.63) is 29.1 Å². The highest BCUT2D eigenvalue weighted by molar-refractivity contribution is 7.89. The van der Waals surface area contributed by atoms with Crippen LogP contribution < -0.4 is 4.72 Å². The summed E-state index contributed by atoms with van der Waals surface area (Å²) in [6, 6.07) is 2.64. The molecule has 0 spiro atoms. The van der Waals surface area contributed by atoms with Crippen molar-refractivity contribution < 1.29 is 17.9 Å². The topological polar surface area (TPSA) is 69.6 Å². The van der Waals surface area contributed by atoms with E-state index in [0.717, 1.165) is 25.5 Å². The molecule has 1 aliphatic heterocycles. The summed E-state index contributed by atoms with van der Waals surface area (Å²) in [5.41, 5.74) is 0.316. The van der Waals surface area contributed by atoms with E-state index in [1.807, 2.05) is 7.05 Å². The SMILES string of the molecule is Cc1c(F)cc(CO)cc1S(=O)(=O)NCC1CCCN1C. The molecule has 0 radical (unpaired) electrons. The van der Waals surface area contributed by atoms with Crippen LogP contribution in [-0.2, 0) is 16.6 Å². The maximum absolute atomic E-state index is 13.7. The molecule has 0 saturated carbocycles. The van der Waals surface area contributed by atoms with Crippen molar-refractivity contribution in [2.24, 2.45) is 0 Å². The number of nitrogens with one attached hydrogen (secondary N) is 1. The molecule has 0 bridgehead atoms. The molecule has 0 aromatic heterocycles. The second-order valence-corrected chi connectivity index (χ2v) is 7.22. The molecule has 7 heteroatoms. The van der Waals surface area contributed by atoms with Crippen LogP contribution in [0.1, 0.15) is 24.0 Å². The van der Waals surface area contributed by atoms with Gasteiger partial charge in [-0.25, -0.2) is 17.5 Å². The number of halogens is 1. The highest BCUT2D eigenvalue weighted by Gasteiger charge is 2.25. The van der Waals surface area contributed by atoms with E-state index in [0.29, 0.717) is 6.54 Å². The molecule has 1 unspecified atom stereocenters. The molecule has 1 aromatic rings. The zero-order valence-corrected chi connectivity index (χ0v) is 13.1. The number of sulfonamides is 1. The Balaban J connectivity index is 2.21. The Morgan fingerprint density at radius 2 is 2.19 bits per heavy atom. The molecule has 1 heterocycles. The van der Waals surface area contributed by atoms with Gasteiger partial charge in [-0.15, -0.1) is 0 Å². The Morgan fingerprint density at radius 3 is 2.76 bits per heavy atom. The second-order valence-electron chi connectivity index (χ2n) is 5.49. The van der Waals surface area contributed by atoms with Gasteiger partial charge in [0, 0.05) is 18.2 Å². The number of likely N-dealkylation sites (N-methyl/N-ethyl adjacent to an activating group) is 1. The molecule has 1 aliphatic rings. The number of hydrogen-bond donors (Lipinski definition) is 2. The summed E-state index contributed by atoms with van der Waals surface area (Å²) in [6.45, 7) is 2.29. The standard InChI is InChI=1S/C14H21FN2O3S/c1-10-13(15)6-11(9-18)7-14(10)21(19,20)16-8-12-4-3-5-17(12)2/h6-7,12,16,18H,3-5,8-9H2,1-2H3. The third kappa shape index (κ3) is 3.60. The predicted molar refractivity (Wildman–Crippen MR) is 77.9 cm³/mol. The van der Waals surface area contributed by atoms with Crippen molar-refractivity contribution >= 4 is 10.0 Å². The summed E-state index contributed by atoms with van der Waals surface area (Å²) in [6.07, 6.45) is 2.00. The molecule has 0 amide bonds. The number of hydrogen-bond acceptors (Lipinski definition) is 4. The van der Waals surface area contributed by atoms with Crippen LogP contribution in [0.4, 0.5) is 4.39 Å². The number of aliphatic hydroxyl groups excluding tert-OH is 1. The molecule has 1 aromatic carbocycles. The van der Waals surface area contributed by atoms with Crippen molar-refractivity contribution in [1.29, 1.82) is 0 Å². The lowest BCUT2D eigenvalue weighted by molar-refractivity contribution is 0.281. The summed E-state index contributed by atoms with van der Waals surface area (Å²) in [5.74, 6) is -0.625. The first-order valence-corrected chi connectivity index (χ1v) is 8.43. The van der Waals surface area contributed by atoms with Crippen molar-refractivity contribution in [1.82, 2.24) is 9.62 Å². The van der Waals surface area contributed by atoms with Crippen molar-refractivity contribution in [2.75, 3.05) is 20.1 Å². The Kier molecular flexibility index (Phi) is 4.98. The highest BCUT2D eigenvalue weighted by Crippen LogP contribution is 2.21. The van der Waals surface area contributed by atoms with Gasteiger partial charge < -0.3 is 10.0 Å². The first-order valence-electron chi connectivity index (χ1n) is 6.95. The summed E-state index contributed by atoms with van der Waals surface area (Å²) < 4.78 is 41.0. The van der Waals surface area contributed by atoms with Crippen LogP contribution in [0.25, 0.3) is 0 Å². The smallest absolute Gasteiger partial charge is 0.240 e. The van der Waals surface area contributed by atoms with E-state index in [9.17, 15) is 12.8 Å². The normalized spacial score (nSPS) is 20.1. The van der Waals surface area contributed by atoms with E-state index in [1.165, 1.54) is 13.0 Å². The summed E-state index contributed by atoms with van der Waals surface area (Å²) in [5, 5.41) is 9.09. The number of benzene rings is 1. The van der Waals surface area contributed by atoms with E-state index in [4.69, 9.17) is 5.11 Å². The fourth-order valence-electron chi connectivity index (χ4n) is 2.60. The second kappa shape index (κ2) is 6.39. The van der Waals surface area contributed by atoms with Crippen LogP contribution in [-0.4, -0.2) is 44.6 Å². The minimum atomic E-state index is -3.78. The van der Waals surface area contributed by atoms with E-state index >= 15 is 0 Å². The summed E-state index contributed by atoms with van der Waals surface area (Å²) in [4.78, 5) is 2.01. The molecular formula is C14H21FN2O3S. The minimum absolute atomic E-state index is 0.0690. The Morgan fingerprint density at radius 1 is 1.48 bits per heavy atom. The van der Waals surface area contributed by atoms with Gasteiger partial charge in [0.2, 0.25) is 10.0 Å². The lowest BCUT2D eigenvalue weighted by Gasteiger charge is -2.20. The molecule has 0 aliphatic carbocycles. The average Bonchev–Trinajstić information content (AvgIpc) is 2.84. The van der Waals surface area contributed by atoms with Gasteiger partial charge in [0.25, 0.3) is 0 Å². The number of aliphatic hydroxyl groups is 1. The maximum atomic E-state index is 13.7. The number of nitrogens with zero attached hydrogens (tertiary/aromatic N) is 1. The molecule has 2 rings (SSSR count). The van der Waals surface area contributed by atoms with Crippen LogP contribution in [0, 0.1) is 12.7 Å². The van der Waals surface area contributed by atoms with Gasteiger partial charge >= 0.3 is 0 Å². The molecular weight excluding hydrogens is 295 g/mol. The molecule has 21 heavy (non-hydrogen) atoms. The molecule has 118 valence electrons. The van der Waals surface area contributed by atoms with Gasteiger partial charge in [-0.2, -0.15) is 0 Å². The number of rotatable bonds is 5. The Hall–Kier alpha value is -1.02. The van der Waals surface area contributed by atoms with E-state index in [2.05, 4.69) is 9.62 Å². The van der Waals surface area contributed by atoms with E-state index in [1.54, 1.807) is 0 Å². The van der Waals surface area contributed by atoms with Gasteiger partial charge in [-0.05, 0) is 51.1 Å². The average molecular weight is 316 g/mol. The van der Waals surface area contributed by atoms with Crippen molar-refractivity contribution in [3.8, 4) is 0 Å². The largest absolute Gasteiger partial charge is 0.392 e. The van der Waals surface area contributed by atoms with E-state index in [-0.39, 0.29) is 22.1 Å². The first kappa shape index (κ1) is 16.4. The summed E-state index contributed by atoms with van der Waals surface area (Å²) in [7, 11) is -1.82. The van der Waals surface area contributed by atoms with E-state index < -0.39 is 22.4 Å². The molecule has 5 nitrogen and oxygen atoms in total. The lowest BCUT2D eigenvalue weighted by Crippen LogP contribution is -2.38. The van der Waals surface area contributed by atoms with Crippen LogP contribution in [0.15, 0.2) is 17.0 Å². The zero-order chi connectivity index (χ0) is 15.6. The van der Waals surface area contributed by atoms with Crippen LogP contribution in [0.5, 0.6) is 0 Å². The Bertz CT molecular complexity index is 619.